The normalized spacial score (nSPS) is 19.6. The lowest BCUT2D eigenvalue weighted by Gasteiger charge is -2.41. The zero-order valence-electron chi connectivity index (χ0n) is 17.1. The van der Waals surface area contributed by atoms with Crippen LogP contribution in [0.5, 0.6) is 0 Å². The van der Waals surface area contributed by atoms with E-state index in [0.29, 0.717) is 5.92 Å². The zero-order chi connectivity index (χ0) is 19.4. The van der Waals surface area contributed by atoms with Gasteiger partial charge in [-0.05, 0) is 56.6 Å². The molecule has 1 atom stereocenters. The molecule has 0 amide bonds. The van der Waals surface area contributed by atoms with E-state index in [0.717, 1.165) is 25.7 Å². The van der Waals surface area contributed by atoms with E-state index in [4.69, 9.17) is 0 Å². The van der Waals surface area contributed by atoms with E-state index in [1.807, 2.05) is 0 Å². The van der Waals surface area contributed by atoms with Crippen molar-refractivity contribution in [1.82, 2.24) is 0 Å². The van der Waals surface area contributed by atoms with E-state index in [2.05, 4.69) is 105 Å². The quantitative estimate of drug-likeness (QED) is 0.512. The summed E-state index contributed by atoms with van der Waals surface area (Å²) in [5.41, 5.74) is 7.18. The van der Waals surface area contributed by atoms with Gasteiger partial charge in [-0.25, -0.2) is 0 Å². The minimum absolute atomic E-state index is 0.0756. The van der Waals surface area contributed by atoms with Crippen LogP contribution < -0.4 is 0 Å². The van der Waals surface area contributed by atoms with Gasteiger partial charge in [0.15, 0.2) is 0 Å². The molecular formula is C28H30. The molecule has 2 aromatic carbocycles. The molecule has 2 aliphatic carbocycles. The average molecular weight is 367 g/mol. The summed E-state index contributed by atoms with van der Waals surface area (Å²) in [5.74, 6) is 0.553. The van der Waals surface area contributed by atoms with Gasteiger partial charge in [0.2, 0.25) is 0 Å². The predicted octanol–water partition coefficient (Wildman–Crippen LogP) is 7.55. The van der Waals surface area contributed by atoms with Crippen molar-refractivity contribution in [3.05, 3.63) is 119 Å². The summed E-state index contributed by atoms with van der Waals surface area (Å²) in [4.78, 5) is 0. The molecule has 0 heterocycles. The first-order chi connectivity index (χ1) is 13.7. The standard InChI is InChI=1S/C28H30/c1-22-13-17-24(18-14-22)21-28(25-9-5-3-6-10-25,26-11-7-4-8-12-26)27-19-15-23(2)16-20-27/h3-15,17,19,24H,16,18,20-21H2,1-2H3. The number of rotatable bonds is 5. The summed E-state index contributed by atoms with van der Waals surface area (Å²) in [6, 6.07) is 22.3. The molecule has 0 bridgehead atoms. The van der Waals surface area contributed by atoms with Crippen LogP contribution in [0.1, 0.15) is 50.7 Å². The largest absolute Gasteiger partial charge is 0.0810 e. The first-order valence-corrected chi connectivity index (χ1v) is 10.5. The van der Waals surface area contributed by atoms with Crippen LogP contribution in [0.2, 0.25) is 0 Å². The lowest BCUT2D eigenvalue weighted by molar-refractivity contribution is 0.441. The van der Waals surface area contributed by atoms with E-state index in [9.17, 15) is 0 Å². The zero-order valence-corrected chi connectivity index (χ0v) is 17.1. The minimum atomic E-state index is -0.0756. The van der Waals surface area contributed by atoms with Gasteiger partial charge in [-0.2, -0.15) is 0 Å². The third-order valence-corrected chi connectivity index (χ3v) is 6.38. The topological polar surface area (TPSA) is 0 Å². The Morgan fingerprint density at radius 3 is 1.96 bits per heavy atom. The summed E-state index contributed by atoms with van der Waals surface area (Å²) < 4.78 is 0. The van der Waals surface area contributed by atoms with Crippen molar-refractivity contribution in [1.29, 1.82) is 0 Å². The highest BCUT2D eigenvalue weighted by Gasteiger charge is 2.39. The van der Waals surface area contributed by atoms with Gasteiger partial charge in [-0.3, -0.25) is 0 Å². The Morgan fingerprint density at radius 1 is 0.821 bits per heavy atom. The molecule has 142 valence electrons. The van der Waals surface area contributed by atoms with Crippen LogP contribution >= 0.6 is 0 Å². The van der Waals surface area contributed by atoms with E-state index in [-0.39, 0.29) is 5.41 Å². The maximum atomic E-state index is 2.43. The van der Waals surface area contributed by atoms with Crippen LogP contribution in [-0.4, -0.2) is 0 Å². The molecule has 0 N–H and O–H groups in total. The summed E-state index contributed by atoms with van der Waals surface area (Å²) in [6.07, 6.45) is 16.4. The summed E-state index contributed by atoms with van der Waals surface area (Å²) in [6.45, 7) is 4.45. The second kappa shape index (κ2) is 8.19. The first kappa shape index (κ1) is 18.7. The van der Waals surface area contributed by atoms with Gasteiger partial charge in [-0.15, -0.1) is 0 Å². The van der Waals surface area contributed by atoms with E-state index < -0.39 is 0 Å². The third kappa shape index (κ3) is 3.69. The highest BCUT2D eigenvalue weighted by atomic mass is 14.4. The smallest absolute Gasteiger partial charge is 0.0420 e. The van der Waals surface area contributed by atoms with E-state index >= 15 is 0 Å². The van der Waals surface area contributed by atoms with E-state index in [1.54, 1.807) is 5.57 Å². The van der Waals surface area contributed by atoms with Crippen molar-refractivity contribution in [3.63, 3.8) is 0 Å². The molecule has 0 aromatic heterocycles. The van der Waals surface area contributed by atoms with Crippen molar-refractivity contribution in [2.75, 3.05) is 0 Å². The van der Waals surface area contributed by atoms with Gasteiger partial charge in [0.05, 0.1) is 0 Å². The predicted molar refractivity (Wildman–Crippen MR) is 120 cm³/mol. The van der Waals surface area contributed by atoms with Gasteiger partial charge in [0.1, 0.15) is 0 Å². The Kier molecular flexibility index (Phi) is 5.48. The average Bonchev–Trinajstić information content (AvgIpc) is 2.75. The van der Waals surface area contributed by atoms with Crippen LogP contribution in [0, 0.1) is 5.92 Å². The van der Waals surface area contributed by atoms with Gasteiger partial charge in [-0.1, -0.05) is 108 Å². The molecule has 0 saturated carbocycles. The Morgan fingerprint density at radius 2 is 1.46 bits per heavy atom. The third-order valence-electron chi connectivity index (χ3n) is 6.38. The Balaban J connectivity index is 1.88. The fraction of sp³-hybridized carbons (Fsp3) is 0.286. The molecule has 0 radical (unpaired) electrons. The minimum Gasteiger partial charge on any atom is -0.0810 e. The van der Waals surface area contributed by atoms with Crippen molar-refractivity contribution in [2.45, 2.75) is 44.9 Å². The number of hydrogen-bond acceptors (Lipinski definition) is 0. The number of hydrogen-bond donors (Lipinski definition) is 0. The van der Waals surface area contributed by atoms with Crippen LogP contribution in [0.3, 0.4) is 0 Å². The number of benzene rings is 2. The van der Waals surface area contributed by atoms with E-state index in [1.165, 1.54) is 22.3 Å². The monoisotopic (exact) mass is 366 g/mol. The van der Waals surface area contributed by atoms with Gasteiger partial charge in [0, 0.05) is 5.41 Å². The van der Waals surface area contributed by atoms with Crippen LogP contribution in [0.15, 0.2) is 108 Å². The van der Waals surface area contributed by atoms with Gasteiger partial charge < -0.3 is 0 Å². The first-order valence-electron chi connectivity index (χ1n) is 10.5. The second-order valence-electron chi connectivity index (χ2n) is 8.35. The maximum absolute atomic E-state index is 2.43. The molecule has 2 aliphatic rings. The fourth-order valence-corrected chi connectivity index (χ4v) is 4.76. The highest BCUT2D eigenvalue weighted by Crippen LogP contribution is 2.48. The summed E-state index contributed by atoms with van der Waals surface area (Å²) in [5, 5.41) is 0. The van der Waals surface area contributed by atoms with Crippen molar-refractivity contribution < 1.29 is 0 Å². The lowest BCUT2D eigenvalue weighted by atomic mass is 9.62. The van der Waals surface area contributed by atoms with Crippen molar-refractivity contribution in [3.8, 4) is 0 Å². The Labute approximate surface area is 170 Å². The molecule has 1 unspecified atom stereocenters. The SMILES string of the molecule is CC1=CCC(CC(C2=CC=C(C)CC2)(c2ccccc2)c2ccccc2)C=C1. The molecule has 2 aromatic rings. The maximum Gasteiger partial charge on any atom is 0.0420 e. The fourth-order valence-electron chi connectivity index (χ4n) is 4.76. The van der Waals surface area contributed by atoms with Gasteiger partial charge in [0.25, 0.3) is 0 Å². The van der Waals surface area contributed by atoms with Crippen LogP contribution in [-0.2, 0) is 5.41 Å². The second-order valence-corrected chi connectivity index (χ2v) is 8.35. The molecule has 4 rings (SSSR count). The van der Waals surface area contributed by atoms with Crippen molar-refractivity contribution in [2.24, 2.45) is 5.92 Å². The molecule has 28 heavy (non-hydrogen) atoms. The summed E-state index contributed by atoms with van der Waals surface area (Å²) >= 11 is 0. The molecule has 0 spiro atoms. The Bertz CT molecular complexity index is 883. The molecular weight excluding hydrogens is 336 g/mol. The Hall–Kier alpha value is -2.60. The lowest BCUT2D eigenvalue weighted by Crippen LogP contribution is -2.33. The molecule has 0 fully saturated rings. The van der Waals surface area contributed by atoms with Crippen molar-refractivity contribution >= 4 is 0 Å². The molecule has 0 saturated heterocycles. The molecule has 0 heteroatoms. The molecule has 0 nitrogen and oxygen atoms in total. The number of allylic oxidation sites excluding steroid dienone is 8. The highest BCUT2D eigenvalue weighted by molar-refractivity contribution is 5.51. The van der Waals surface area contributed by atoms with Crippen LogP contribution in [0.4, 0.5) is 0 Å². The van der Waals surface area contributed by atoms with Gasteiger partial charge >= 0.3 is 0 Å². The summed E-state index contributed by atoms with van der Waals surface area (Å²) in [7, 11) is 0. The molecule has 0 aliphatic heterocycles. The van der Waals surface area contributed by atoms with Crippen LogP contribution in [0.25, 0.3) is 0 Å².